The van der Waals surface area contributed by atoms with E-state index in [9.17, 15) is 4.91 Å². The number of morpholine rings is 1. The molecule has 1 heterocycles. The highest BCUT2D eigenvalue weighted by Gasteiger charge is 1.99. The smallest absolute Gasteiger partial charge is 0.355 e. The van der Waals surface area contributed by atoms with Crippen molar-refractivity contribution >= 4 is 0 Å². The first-order valence-electron chi connectivity index (χ1n) is 5.51. The first-order valence-corrected chi connectivity index (χ1v) is 5.51. The summed E-state index contributed by atoms with van der Waals surface area (Å²) >= 11 is 0. The molecular formula is C11H18N3O3+. The van der Waals surface area contributed by atoms with Gasteiger partial charge in [0.1, 0.15) is 11.5 Å². The Labute approximate surface area is 100 Å². The van der Waals surface area contributed by atoms with E-state index in [1.165, 1.54) is 0 Å². The zero-order chi connectivity index (χ0) is 12.3. The van der Waals surface area contributed by atoms with Gasteiger partial charge < -0.3 is 10.1 Å². The van der Waals surface area contributed by atoms with Gasteiger partial charge in [-0.1, -0.05) is 35.8 Å². The number of hydrogen-bond donors (Lipinski definition) is 3. The Hall–Kier alpha value is -1.66. The molecule has 1 aromatic rings. The van der Waals surface area contributed by atoms with E-state index >= 15 is 0 Å². The average Bonchev–Trinajstić information content (AvgIpc) is 2.40. The highest BCUT2D eigenvalue weighted by atomic mass is 16.7. The molecule has 0 atom stereocenters. The summed E-state index contributed by atoms with van der Waals surface area (Å²) in [6, 6.07) is 9.33. The van der Waals surface area contributed by atoms with Crippen molar-refractivity contribution in [2.75, 3.05) is 26.3 Å². The molecule has 1 aliphatic rings. The number of ether oxygens (including phenoxy) is 1. The molecule has 0 saturated carbocycles. The molecule has 0 bridgehead atoms. The highest BCUT2D eigenvalue weighted by Crippen LogP contribution is 1.96. The van der Waals surface area contributed by atoms with Crippen LogP contribution in [0.4, 0.5) is 0 Å². The Kier molecular flexibility index (Phi) is 6.69. The summed E-state index contributed by atoms with van der Waals surface area (Å²) in [5, 5.41) is 11.0. The molecule has 0 unspecified atom stereocenters. The Morgan fingerprint density at radius 2 is 1.94 bits per heavy atom. The van der Waals surface area contributed by atoms with Crippen molar-refractivity contribution in [1.29, 1.82) is 0 Å². The van der Waals surface area contributed by atoms with E-state index in [0.29, 0.717) is 6.54 Å². The molecular weight excluding hydrogens is 222 g/mol. The normalized spacial score (nSPS) is 14.4. The highest BCUT2D eigenvalue weighted by molar-refractivity contribution is 5.13. The Balaban J connectivity index is 0.000000202. The van der Waals surface area contributed by atoms with Crippen LogP contribution in [0.2, 0.25) is 0 Å². The summed E-state index contributed by atoms with van der Waals surface area (Å²) in [4.78, 5) is 9.98. The molecule has 6 nitrogen and oxygen atoms in total. The third-order valence-electron chi connectivity index (χ3n) is 2.11. The van der Waals surface area contributed by atoms with Crippen LogP contribution < -0.4 is 10.7 Å². The fraction of sp³-hybridized carbons (Fsp3) is 0.455. The van der Waals surface area contributed by atoms with Gasteiger partial charge in [0.15, 0.2) is 0 Å². The van der Waals surface area contributed by atoms with Crippen LogP contribution in [0.25, 0.3) is 0 Å². The van der Waals surface area contributed by atoms with Crippen LogP contribution in [-0.2, 0) is 11.3 Å². The summed E-state index contributed by atoms with van der Waals surface area (Å²) in [6.45, 7) is 4.17. The largest absolute Gasteiger partial charge is 0.379 e. The van der Waals surface area contributed by atoms with Crippen molar-refractivity contribution < 1.29 is 15.0 Å². The molecule has 1 fully saturated rings. The lowest BCUT2D eigenvalue weighted by molar-refractivity contribution is -0.834. The minimum Gasteiger partial charge on any atom is -0.379 e. The molecule has 0 radical (unpaired) electrons. The van der Waals surface area contributed by atoms with E-state index in [2.05, 4.69) is 10.7 Å². The first kappa shape index (κ1) is 13.4. The van der Waals surface area contributed by atoms with Crippen LogP contribution in [0.15, 0.2) is 30.3 Å². The molecule has 0 aromatic heterocycles. The van der Waals surface area contributed by atoms with Gasteiger partial charge in [0.05, 0.1) is 13.2 Å². The molecule has 1 aromatic carbocycles. The number of nitrogens with zero attached hydrogens (tertiary/aromatic N) is 1. The van der Waals surface area contributed by atoms with Crippen LogP contribution >= 0.6 is 0 Å². The quantitative estimate of drug-likeness (QED) is 0.670. The van der Waals surface area contributed by atoms with Crippen LogP contribution in [0, 0.1) is 4.91 Å². The lowest BCUT2D eigenvalue weighted by atomic mass is 10.2. The first-order chi connectivity index (χ1) is 8.29. The molecule has 6 heteroatoms. The topological polar surface area (TPSA) is 73.6 Å². The Morgan fingerprint density at radius 1 is 1.29 bits per heavy atom. The van der Waals surface area contributed by atoms with Gasteiger partial charge in [0.2, 0.25) is 0 Å². The summed E-state index contributed by atoms with van der Waals surface area (Å²) < 4.78 is 5.01. The molecule has 94 valence electrons. The number of benzene rings is 1. The second-order valence-corrected chi connectivity index (χ2v) is 3.46. The van der Waals surface area contributed by atoms with Crippen LogP contribution in [0.3, 0.4) is 0 Å². The standard InChI is InChI=1S/C7H9N2O2.C4H9NO/c10-9(11)8-6-7-4-2-1-3-5-7;1-3-6-4-2-5-1/h1-5,8H,6H2,(H,10,11);5H,1-4H2/q+1;. The summed E-state index contributed by atoms with van der Waals surface area (Å²) in [5.41, 5.74) is 3.14. The second kappa shape index (κ2) is 8.49. The predicted octanol–water partition coefficient (Wildman–Crippen LogP) is 0.466. The molecule has 0 spiro atoms. The summed E-state index contributed by atoms with van der Waals surface area (Å²) in [6.07, 6.45) is 0. The van der Waals surface area contributed by atoms with Gasteiger partial charge >= 0.3 is 5.03 Å². The van der Waals surface area contributed by atoms with E-state index in [-0.39, 0.29) is 5.03 Å². The zero-order valence-electron chi connectivity index (χ0n) is 9.63. The van der Waals surface area contributed by atoms with E-state index in [0.717, 1.165) is 31.9 Å². The molecule has 0 aliphatic carbocycles. The SMILES string of the molecule is C1COCCN1.O=[N+](O)NCc1ccccc1. The number of rotatable bonds is 3. The molecule has 17 heavy (non-hydrogen) atoms. The minimum atomic E-state index is -0.299. The monoisotopic (exact) mass is 240 g/mol. The number of hydrazine groups is 1. The van der Waals surface area contributed by atoms with Crippen LogP contribution in [-0.4, -0.2) is 36.5 Å². The molecule has 2 rings (SSSR count). The van der Waals surface area contributed by atoms with Crippen molar-refractivity contribution in [1.82, 2.24) is 10.7 Å². The zero-order valence-corrected chi connectivity index (χ0v) is 9.63. The number of nitrogens with one attached hydrogen (secondary N) is 2. The summed E-state index contributed by atoms with van der Waals surface area (Å²) in [5.74, 6) is 0. The van der Waals surface area contributed by atoms with Gasteiger partial charge in [0, 0.05) is 13.1 Å². The van der Waals surface area contributed by atoms with Gasteiger partial charge in [-0.05, 0) is 5.56 Å². The minimum absolute atomic E-state index is 0.299. The maximum atomic E-state index is 9.98. The second-order valence-electron chi connectivity index (χ2n) is 3.46. The fourth-order valence-electron chi connectivity index (χ4n) is 1.27. The Morgan fingerprint density at radius 3 is 2.35 bits per heavy atom. The number of hydrogen-bond acceptors (Lipinski definition) is 3. The lowest BCUT2D eigenvalue weighted by Crippen LogP contribution is -2.30. The van der Waals surface area contributed by atoms with E-state index in [1.54, 1.807) is 0 Å². The van der Waals surface area contributed by atoms with E-state index < -0.39 is 0 Å². The molecule has 0 amide bonds. The van der Waals surface area contributed by atoms with E-state index in [1.807, 2.05) is 30.3 Å². The third-order valence-corrected chi connectivity index (χ3v) is 2.11. The molecule has 1 aliphatic heterocycles. The lowest BCUT2D eigenvalue weighted by Gasteiger charge is -2.10. The maximum Gasteiger partial charge on any atom is 0.355 e. The van der Waals surface area contributed by atoms with E-state index in [4.69, 9.17) is 9.94 Å². The molecule has 1 saturated heterocycles. The van der Waals surface area contributed by atoms with Crippen molar-refractivity contribution in [3.63, 3.8) is 0 Å². The van der Waals surface area contributed by atoms with Crippen molar-refractivity contribution in [2.45, 2.75) is 6.54 Å². The van der Waals surface area contributed by atoms with Crippen LogP contribution in [0.1, 0.15) is 5.56 Å². The van der Waals surface area contributed by atoms with Crippen LogP contribution in [0.5, 0.6) is 0 Å². The Bertz CT molecular complexity index is 303. The van der Waals surface area contributed by atoms with Crippen molar-refractivity contribution in [3.05, 3.63) is 40.8 Å². The van der Waals surface area contributed by atoms with Gasteiger partial charge in [-0.25, -0.2) is 5.21 Å². The maximum absolute atomic E-state index is 9.98. The van der Waals surface area contributed by atoms with Gasteiger partial charge in [-0.15, -0.1) is 0 Å². The average molecular weight is 240 g/mol. The van der Waals surface area contributed by atoms with Crippen molar-refractivity contribution in [2.24, 2.45) is 0 Å². The predicted molar refractivity (Wildman–Crippen MR) is 62.4 cm³/mol. The third kappa shape index (κ3) is 7.26. The van der Waals surface area contributed by atoms with Gasteiger partial charge in [-0.3, -0.25) is 0 Å². The van der Waals surface area contributed by atoms with Gasteiger partial charge in [0.25, 0.3) is 0 Å². The molecule has 3 N–H and O–H groups in total. The fourth-order valence-corrected chi connectivity index (χ4v) is 1.27. The van der Waals surface area contributed by atoms with Gasteiger partial charge in [-0.2, -0.15) is 0 Å². The summed E-state index contributed by atoms with van der Waals surface area (Å²) in [7, 11) is 0. The van der Waals surface area contributed by atoms with Crippen molar-refractivity contribution in [3.8, 4) is 0 Å².